The van der Waals surface area contributed by atoms with E-state index in [2.05, 4.69) is 0 Å². The van der Waals surface area contributed by atoms with Gasteiger partial charge in [0.15, 0.2) is 0 Å². The summed E-state index contributed by atoms with van der Waals surface area (Å²) in [4.78, 5) is 0. The molecule has 1 fully saturated rings. The summed E-state index contributed by atoms with van der Waals surface area (Å²) in [5.41, 5.74) is 0. The van der Waals surface area contributed by atoms with E-state index in [1.807, 2.05) is 0 Å². The van der Waals surface area contributed by atoms with Crippen molar-refractivity contribution in [1.29, 1.82) is 0 Å². The standard InChI is InChI=1S/C8H14Cl2/c9-6-8(10)5-7-3-1-2-4-7/h7-8H,1-6H2. The molecule has 1 aliphatic carbocycles. The summed E-state index contributed by atoms with van der Waals surface area (Å²) in [5, 5.41) is 0.213. The summed E-state index contributed by atoms with van der Waals surface area (Å²) in [6.07, 6.45) is 6.68. The first-order chi connectivity index (χ1) is 4.83. The number of hydrogen-bond acceptors (Lipinski definition) is 0. The molecule has 1 atom stereocenters. The Morgan fingerprint density at radius 1 is 1.30 bits per heavy atom. The predicted molar refractivity (Wildman–Crippen MR) is 46.9 cm³/mol. The van der Waals surface area contributed by atoms with Crippen LogP contribution in [0.25, 0.3) is 0 Å². The Morgan fingerprint density at radius 2 is 1.90 bits per heavy atom. The van der Waals surface area contributed by atoms with Crippen LogP contribution >= 0.6 is 23.2 Å². The van der Waals surface area contributed by atoms with Gasteiger partial charge in [0.2, 0.25) is 0 Å². The van der Waals surface area contributed by atoms with Gasteiger partial charge in [-0.25, -0.2) is 0 Å². The fourth-order valence-electron chi connectivity index (χ4n) is 1.67. The zero-order valence-corrected chi connectivity index (χ0v) is 7.67. The van der Waals surface area contributed by atoms with Crippen molar-refractivity contribution in [3.8, 4) is 0 Å². The minimum absolute atomic E-state index is 0.213. The first-order valence-electron chi connectivity index (χ1n) is 4.03. The van der Waals surface area contributed by atoms with Gasteiger partial charge in [0.1, 0.15) is 0 Å². The summed E-state index contributed by atoms with van der Waals surface area (Å²) < 4.78 is 0. The number of halogens is 2. The van der Waals surface area contributed by atoms with E-state index in [1.54, 1.807) is 0 Å². The van der Waals surface area contributed by atoms with Gasteiger partial charge in [0.05, 0.1) is 0 Å². The number of alkyl halides is 2. The van der Waals surface area contributed by atoms with Crippen LogP contribution in [0.3, 0.4) is 0 Å². The average Bonchev–Trinajstić information content (AvgIpc) is 2.40. The van der Waals surface area contributed by atoms with Crippen molar-refractivity contribution in [3.63, 3.8) is 0 Å². The third-order valence-corrected chi connectivity index (χ3v) is 3.09. The van der Waals surface area contributed by atoms with E-state index in [0.29, 0.717) is 5.88 Å². The summed E-state index contributed by atoms with van der Waals surface area (Å²) in [7, 11) is 0. The maximum Gasteiger partial charge on any atom is 0.0474 e. The molecular formula is C8H14Cl2. The molecule has 1 rings (SSSR count). The molecule has 0 aromatic carbocycles. The Bertz CT molecular complexity index is 87.3. The van der Waals surface area contributed by atoms with Crippen LogP contribution in [-0.2, 0) is 0 Å². The Morgan fingerprint density at radius 3 is 2.40 bits per heavy atom. The number of rotatable bonds is 3. The summed E-state index contributed by atoms with van der Waals surface area (Å²) in [5.74, 6) is 1.49. The SMILES string of the molecule is ClCC(Cl)CC1CCCC1. The van der Waals surface area contributed by atoms with Gasteiger partial charge < -0.3 is 0 Å². The molecule has 0 bridgehead atoms. The maximum absolute atomic E-state index is 5.91. The first kappa shape index (κ1) is 8.67. The molecule has 2 heteroatoms. The van der Waals surface area contributed by atoms with Crippen molar-refractivity contribution in [2.75, 3.05) is 5.88 Å². The molecule has 0 aromatic heterocycles. The molecule has 0 aliphatic heterocycles. The van der Waals surface area contributed by atoms with Crippen LogP contribution in [0.5, 0.6) is 0 Å². The van der Waals surface area contributed by atoms with Crippen molar-refractivity contribution >= 4 is 23.2 Å². The molecule has 1 unspecified atom stereocenters. The second-order valence-electron chi connectivity index (χ2n) is 3.14. The van der Waals surface area contributed by atoms with E-state index in [9.17, 15) is 0 Å². The van der Waals surface area contributed by atoms with Crippen molar-refractivity contribution in [2.45, 2.75) is 37.5 Å². The molecule has 10 heavy (non-hydrogen) atoms. The fraction of sp³-hybridized carbons (Fsp3) is 1.00. The van der Waals surface area contributed by atoms with Gasteiger partial charge >= 0.3 is 0 Å². The van der Waals surface area contributed by atoms with Gasteiger partial charge in [-0.3, -0.25) is 0 Å². The highest BCUT2D eigenvalue weighted by atomic mass is 35.5. The van der Waals surface area contributed by atoms with Crippen LogP contribution < -0.4 is 0 Å². The highest BCUT2D eigenvalue weighted by Gasteiger charge is 2.17. The highest BCUT2D eigenvalue weighted by molar-refractivity contribution is 6.28. The van der Waals surface area contributed by atoms with Gasteiger partial charge in [0.25, 0.3) is 0 Å². The van der Waals surface area contributed by atoms with E-state index in [0.717, 1.165) is 12.3 Å². The van der Waals surface area contributed by atoms with E-state index >= 15 is 0 Å². The molecule has 0 N–H and O–H groups in total. The monoisotopic (exact) mass is 180 g/mol. The Hall–Kier alpha value is 0.580. The molecule has 0 amide bonds. The molecule has 60 valence electrons. The van der Waals surface area contributed by atoms with Gasteiger partial charge in [-0.2, -0.15) is 0 Å². The fourth-order valence-corrected chi connectivity index (χ4v) is 2.05. The molecule has 1 saturated carbocycles. The average molecular weight is 181 g/mol. The van der Waals surface area contributed by atoms with Crippen molar-refractivity contribution in [3.05, 3.63) is 0 Å². The van der Waals surface area contributed by atoms with Crippen molar-refractivity contribution in [1.82, 2.24) is 0 Å². The third kappa shape index (κ3) is 2.67. The molecule has 0 spiro atoms. The summed E-state index contributed by atoms with van der Waals surface area (Å²) in [6.45, 7) is 0. The zero-order chi connectivity index (χ0) is 7.40. The minimum atomic E-state index is 0.213. The second-order valence-corrected chi connectivity index (χ2v) is 4.06. The largest absolute Gasteiger partial charge is 0.125 e. The topological polar surface area (TPSA) is 0 Å². The van der Waals surface area contributed by atoms with E-state index < -0.39 is 0 Å². The lowest BCUT2D eigenvalue weighted by Crippen LogP contribution is -2.06. The Balaban J connectivity index is 2.11. The highest BCUT2D eigenvalue weighted by Crippen LogP contribution is 2.29. The minimum Gasteiger partial charge on any atom is -0.125 e. The first-order valence-corrected chi connectivity index (χ1v) is 5.00. The Labute approximate surface area is 72.9 Å². The lowest BCUT2D eigenvalue weighted by molar-refractivity contribution is 0.502. The second kappa shape index (κ2) is 4.46. The predicted octanol–water partition coefficient (Wildman–Crippen LogP) is 3.41. The van der Waals surface area contributed by atoms with Crippen LogP contribution in [0.4, 0.5) is 0 Å². The molecule has 0 radical (unpaired) electrons. The van der Waals surface area contributed by atoms with Crippen molar-refractivity contribution in [2.24, 2.45) is 5.92 Å². The van der Waals surface area contributed by atoms with E-state index in [4.69, 9.17) is 23.2 Å². The molecule has 1 aliphatic rings. The van der Waals surface area contributed by atoms with Crippen LogP contribution in [0, 0.1) is 5.92 Å². The molecule has 0 heterocycles. The Kier molecular flexibility index (Phi) is 3.87. The summed E-state index contributed by atoms with van der Waals surface area (Å²) >= 11 is 11.5. The molecule has 0 aromatic rings. The quantitative estimate of drug-likeness (QED) is 0.585. The van der Waals surface area contributed by atoms with E-state index in [1.165, 1.54) is 25.7 Å². The van der Waals surface area contributed by atoms with Crippen molar-refractivity contribution < 1.29 is 0 Å². The molecular weight excluding hydrogens is 167 g/mol. The molecule has 0 nitrogen and oxygen atoms in total. The normalized spacial score (nSPS) is 23.4. The van der Waals surface area contributed by atoms with Crippen LogP contribution in [0.2, 0.25) is 0 Å². The van der Waals surface area contributed by atoms with Crippen LogP contribution in [0.15, 0.2) is 0 Å². The maximum atomic E-state index is 5.91. The smallest absolute Gasteiger partial charge is 0.0474 e. The van der Waals surface area contributed by atoms with Crippen LogP contribution in [0.1, 0.15) is 32.1 Å². The lowest BCUT2D eigenvalue weighted by atomic mass is 10.0. The van der Waals surface area contributed by atoms with Crippen LogP contribution in [-0.4, -0.2) is 11.3 Å². The van der Waals surface area contributed by atoms with E-state index in [-0.39, 0.29) is 5.38 Å². The third-order valence-electron chi connectivity index (χ3n) is 2.23. The molecule has 0 saturated heterocycles. The van der Waals surface area contributed by atoms with Gasteiger partial charge in [-0.05, 0) is 12.3 Å². The van der Waals surface area contributed by atoms with Gasteiger partial charge in [-0.15, -0.1) is 23.2 Å². The lowest BCUT2D eigenvalue weighted by Gasteiger charge is -2.10. The summed E-state index contributed by atoms with van der Waals surface area (Å²) in [6, 6.07) is 0. The number of hydrogen-bond donors (Lipinski definition) is 0. The zero-order valence-electron chi connectivity index (χ0n) is 6.15. The van der Waals surface area contributed by atoms with Gasteiger partial charge in [0, 0.05) is 11.3 Å². The van der Waals surface area contributed by atoms with Gasteiger partial charge in [-0.1, -0.05) is 25.7 Å².